The summed E-state index contributed by atoms with van der Waals surface area (Å²) in [5.74, 6) is -0.685. The lowest BCUT2D eigenvalue weighted by molar-refractivity contribution is -0.136. The number of hydrogen-bond donors (Lipinski definition) is 2. The van der Waals surface area contributed by atoms with Crippen molar-refractivity contribution in [1.29, 1.82) is 0 Å². The van der Waals surface area contributed by atoms with E-state index in [0.29, 0.717) is 19.0 Å². The minimum absolute atomic E-state index is 0.0759. The van der Waals surface area contributed by atoms with E-state index < -0.39 is 6.04 Å². The molecule has 3 atom stereocenters. The average Bonchev–Trinajstić information content (AvgIpc) is 3.18. The number of carbonyl (C=O) groups is 3. The molecule has 3 fully saturated rings. The predicted molar refractivity (Wildman–Crippen MR) is 112 cm³/mol. The van der Waals surface area contributed by atoms with Gasteiger partial charge in [0.25, 0.3) is 5.91 Å². The smallest absolute Gasteiger partial charge is 0.255 e. The number of hydrogen-bond acceptors (Lipinski definition) is 5. The molecule has 4 aliphatic rings. The maximum Gasteiger partial charge on any atom is 0.255 e. The van der Waals surface area contributed by atoms with Gasteiger partial charge >= 0.3 is 0 Å². The van der Waals surface area contributed by atoms with E-state index in [2.05, 4.69) is 28.5 Å². The molecule has 1 unspecified atom stereocenters. The van der Waals surface area contributed by atoms with Crippen molar-refractivity contribution in [2.75, 3.05) is 19.6 Å². The molecule has 2 N–H and O–H groups in total. The highest BCUT2D eigenvalue weighted by Gasteiger charge is 2.42. The fourth-order valence-electron chi connectivity index (χ4n) is 5.95. The Balaban J connectivity index is 1.36. The highest BCUT2D eigenvalue weighted by Crippen LogP contribution is 2.40. The summed E-state index contributed by atoms with van der Waals surface area (Å²) in [7, 11) is 0. The molecule has 5 rings (SSSR count). The highest BCUT2D eigenvalue weighted by molar-refractivity contribution is 6.05. The molecule has 7 heteroatoms. The molecular formula is C23H30N4O3. The second kappa shape index (κ2) is 7.46. The standard InChI is InChI=1S/C23H30N4O3/c1-23-9-3-6-18(23)24-10-11-26(14-23)12-15-4-2-5-16-13-27(22(30)20(15)16)17-7-8-19(28)25-21(17)29/h2,4-5,17-18,24H,3,6-14H2,1H3,(H,25,28,29)/t17?,18-,23+/m0/s1. The number of nitrogens with one attached hydrogen (secondary N) is 2. The Hall–Kier alpha value is -2.25. The monoisotopic (exact) mass is 410 g/mol. The van der Waals surface area contributed by atoms with E-state index in [-0.39, 0.29) is 29.6 Å². The van der Waals surface area contributed by atoms with Crippen LogP contribution in [-0.4, -0.2) is 59.2 Å². The molecule has 1 aliphatic carbocycles. The van der Waals surface area contributed by atoms with Crippen LogP contribution in [0, 0.1) is 5.41 Å². The molecule has 30 heavy (non-hydrogen) atoms. The van der Waals surface area contributed by atoms with Gasteiger partial charge in [-0.25, -0.2) is 0 Å². The van der Waals surface area contributed by atoms with Crippen molar-refractivity contribution >= 4 is 17.7 Å². The van der Waals surface area contributed by atoms with E-state index in [1.54, 1.807) is 4.90 Å². The van der Waals surface area contributed by atoms with E-state index in [9.17, 15) is 14.4 Å². The van der Waals surface area contributed by atoms with Gasteiger partial charge in [-0.2, -0.15) is 0 Å². The van der Waals surface area contributed by atoms with Crippen molar-refractivity contribution in [3.8, 4) is 0 Å². The van der Waals surface area contributed by atoms with Gasteiger partial charge < -0.3 is 10.2 Å². The number of amides is 3. The largest absolute Gasteiger partial charge is 0.322 e. The van der Waals surface area contributed by atoms with Crippen molar-refractivity contribution in [3.05, 3.63) is 34.9 Å². The Bertz CT molecular complexity index is 900. The zero-order valence-corrected chi connectivity index (χ0v) is 17.6. The molecule has 1 saturated carbocycles. The third-order valence-corrected chi connectivity index (χ3v) is 7.52. The molecule has 7 nitrogen and oxygen atoms in total. The van der Waals surface area contributed by atoms with E-state index in [1.807, 2.05) is 12.1 Å². The summed E-state index contributed by atoms with van der Waals surface area (Å²) in [6, 6.07) is 6.09. The van der Waals surface area contributed by atoms with E-state index >= 15 is 0 Å². The van der Waals surface area contributed by atoms with Crippen molar-refractivity contribution in [2.45, 2.75) is 64.2 Å². The lowest BCUT2D eigenvalue weighted by Crippen LogP contribution is -2.52. The highest BCUT2D eigenvalue weighted by atomic mass is 16.2. The maximum atomic E-state index is 13.3. The van der Waals surface area contributed by atoms with Gasteiger partial charge in [0, 0.05) is 50.7 Å². The molecule has 2 saturated heterocycles. The van der Waals surface area contributed by atoms with Crippen LogP contribution in [0.25, 0.3) is 0 Å². The Morgan fingerprint density at radius 3 is 2.90 bits per heavy atom. The van der Waals surface area contributed by atoms with Crippen LogP contribution in [0.4, 0.5) is 0 Å². The van der Waals surface area contributed by atoms with Gasteiger partial charge in [0.2, 0.25) is 11.8 Å². The molecule has 3 aliphatic heterocycles. The molecule has 3 heterocycles. The molecule has 0 radical (unpaired) electrons. The molecule has 0 spiro atoms. The van der Waals surface area contributed by atoms with Gasteiger partial charge in [-0.15, -0.1) is 0 Å². The van der Waals surface area contributed by atoms with Crippen LogP contribution >= 0.6 is 0 Å². The number of carbonyl (C=O) groups excluding carboxylic acids is 3. The fourth-order valence-corrected chi connectivity index (χ4v) is 5.95. The quantitative estimate of drug-likeness (QED) is 0.737. The van der Waals surface area contributed by atoms with Gasteiger partial charge in [0.05, 0.1) is 0 Å². The summed E-state index contributed by atoms with van der Waals surface area (Å²) < 4.78 is 0. The molecule has 0 aromatic heterocycles. The predicted octanol–water partition coefficient (Wildman–Crippen LogP) is 1.41. The summed E-state index contributed by atoms with van der Waals surface area (Å²) in [6.07, 6.45) is 4.46. The number of rotatable bonds is 3. The van der Waals surface area contributed by atoms with Crippen molar-refractivity contribution in [1.82, 2.24) is 20.4 Å². The third-order valence-electron chi connectivity index (χ3n) is 7.52. The lowest BCUT2D eigenvalue weighted by atomic mass is 9.84. The molecule has 1 aromatic carbocycles. The molecule has 0 bridgehead atoms. The van der Waals surface area contributed by atoms with E-state index in [1.165, 1.54) is 19.3 Å². The third kappa shape index (κ3) is 3.34. The van der Waals surface area contributed by atoms with Crippen LogP contribution < -0.4 is 10.6 Å². The minimum Gasteiger partial charge on any atom is -0.322 e. The van der Waals surface area contributed by atoms with Crippen molar-refractivity contribution < 1.29 is 14.4 Å². The number of piperidine rings is 1. The SMILES string of the molecule is C[C@]12CCC[C@@H]1NCCN(Cc1cccc3c1C(=O)N(C1CCC(=O)NC1=O)C3)C2. The second-order valence-corrected chi connectivity index (χ2v) is 9.61. The lowest BCUT2D eigenvalue weighted by Gasteiger charge is -2.33. The van der Waals surface area contributed by atoms with E-state index in [4.69, 9.17) is 0 Å². The van der Waals surface area contributed by atoms with Crippen LogP contribution in [-0.2, 0) is 22.7 Å². The van der Waals surface area contributed by atoms with Crippen LogP contribution in [0.5, 0.6) is 0 Å². The average molecular weight is 411 g/mol. The topological polar surface area (TPSA) is 81.8 Å². The Kier molecular flexibility index (Phi) is 4.90. The van der Waals surface area contributed by atoms with Gasteiger partial charge in [0.15, 0.2) is 0 Å². The van der Waals surface area contributed by atoms with Gasteiger partial charge in [-0.1, -0.05) is 31.5 Å². The summed E-state index contributed by atoms with van der Waals surface area (Å²) in [5.41, 5.74) is 3.08. The minimum atomic E-state index is -0.559. The second-order valence-electron chi connectivity index (χ2n) is 9.61. The van der Waals surface area contributed by atoms with Crippen molar-refractivity contribution in [2.24, 2.45) is 5.41 Å². The zero-order chi connectivity index (χ0) is 20.9. The van der Waals surface area contributed by atoms with Gasteiger partial charge in [0.1, 0.15) is 6.04 Å². The number of benzene rings is 1. The molecular weight excluding hydrogens is 380 g/mol. The first-order chi connectivity index (χ1) is 14.4. The molecule has 3 amide bonds. The van der Waals surface area contributed by atoms with Crippen LogP contribution in [0.1, 0.15) is 60.5 Å². The summed E-state index contributed by atoms with van der Waals surface area (Å²) in [4.78, 5) is 41.3. The Morgan fingerprint density at radius 1 is 1.20 bits per heavy atom. The summed E-state index contributed by atoms with van der Waals surface area (Å²) >= 11 is 0. The summed E-state index contributed by atoms with van der Waals surface area (Å²) in [5, 5.41) is 6.11. The molecule has 1 aromatic rings. The van der Waals surface area contributed by atoms with Gasteiger partial charge in [-0.05, 0) is 35.8 Å². The number of nitrogens with zero attached hydrogens (tertiary/aromatic N) is 2. The van der Waals surface area contributed by atoms with Crippen LogP contribution in [0.2, 0.25) is 0 Å². The fraction of sp³-hybridized carbons (Fsp3) is 0.609. The Morgan fingerprint density at radius 2 is 2.07 bits per heavy atom. The first kappa shape index (κ1) is 19.7. The van der Waals surface area contributed by atoms with Gasteiger partial charge in [-0.3, -0.25) is 24.6 Å². The number of fused-ring (bicyclic) bond motifs is 2. The first-order valence-electron chi connectivity index (χ1n) is 11.2. The van der Waals surface area contributed by atoms with Crippen LogP contribution in [0.15, 0.2) is 18.2 Å². The Labute approximate surface area is 177 Å². The van der Waals surface area contributed by atoms with Crippen molar-refractivity contribution in [3.63, 3.8) is 0 Å². The maximum absolute atomic E-state index is 13.3. The number of imide groups is 1. The first-order valence-corrected chi connectivity index (χ1v) is 11.2. The summed E-state index contributed by atoms with van der Waals surface area (Å²) in [6.45, 7) is 6.57. The van der Waals surface area contributed by atoms with E-state index in [0.717, 1.165) is 42.9 Å². The van der Waals surface area contributed by atoms with Crippen LogP contribution in [0.3, 0.4) is 0 Å². The molecule has 160 valence electrons. The zero-order valence-electron chi connectivity index (χ0n) is 17.6. The normalized spacial score (nSPS) is 32.0.